The molecule has 1 aromatic carbocycles. The van der Waals surface area contributed by atoms with Crippen molar-refractivity contribution >= 4 is 5.82 Å². The second kappa shape index (κ2) is 5.27. The van der Waals surface area contributed by atoms with Crippen molar-refractivity contribution in [3.8, 4) is 22.6 Å². The molecule has 2 N–H and O–H groups in total. The molecule has 1 unspecified atom stereocenters. The first-order valence-electron chi connectivity index (χ1n) is 6.93. The van der Waals surface area contributed by atoms with Crippen molar-refractivity contribution in [3.63, 3.8) is 0 Å². The first-order chi connectivity index (χ1) is 10.1. The van der Waals surface area contributed by atoms with Crippen LogP contribution in [0.2, 0.25) is 0 Å². The quantitative estimate of drug-likeness (QED) is 0.924. The molecule has 112 valence electrons. The summed E-state index contributed by atoms with van der Waals surface area (Å²) in [5.74, 6) is 1.69. The van der Waals surface area contributed by atoms with Gasteiger partial charge in [0.15, 0.2) is 11.5 Å². The van der Waals surface area contributed by atoms with E-state index in [2.05, 4.69) is 5.10 Å². The number of rotatable bonds is 2. The van der Waals surface area contributed by atoms with Crippen LogP contribution in [0.1, 0.15) is 25.1 Å². The molecule has 0 saturated carbocycles. The van der Waals surface area contributed by atoms with Crippen molar-refractivity contribution in [2.45, 2.75) is 19.5 Å². The predicted molar refractivity (Wildman–Crippen MR) is 78.2 cm³/mol. The highest BCUT2D eigenvalue weighted by Gasteiger charge is 2.21. The molecule has 1 atom stereocenters. The molecule has 1 aliphatic heterocycles. The van der Waals surface area contributed by atoms with Crippen LogP contribution in [0.3, 0.4) is 0 Å². The molecular formula is C15H18FN3O2. The molecule has 1 aliphatic rings. The number of ether oxygens (including phenoxy) is 2. The molecule has 0 aliphatic carbocycles. The lowest BCUT2D eigenvalue weighted by Gasteiger charge is -2.15. The predicted octanol–water partition coefficient (Wildman–Crippen LogP) is 2.86. The molecule has 0 spiro atoms. The van der Waals surface area contributed by atoms with E-state index in [1.54, 1.807) is 30.1 Å². The van der Waals surface area contributed by atoms with E-state index < -0.39 is 6.17 Å². The van der Waals surface area contributed by atoms with Crippen LogP contribution in [0.25, 0.3) is 11.1 Å². The van der Waals surface area contributed by atoms with Gasteiger partial charge in [-0.2, -0.15) is 5.10 Å². The van der Waals surface area contributed by atoms with E-state index in [1.165, 1.54) is 6.92 Å². The molecule has 0 radical (unpaired) electrons. The number of nitrogens with two attached hydrogens (primary N) is 1. The number of alkyl halides is 1. The van der Waals surface area contributed by atoms with E-state index in [0.29, 0.717) is 47.2 Å². The SMILES string of the molecule is CC(F)c1cc2c(cc1-c1cnn(C)c1N)OCCCO2. The number of aryl methyl sites for hydroxylation is 1. The van der Waals surface area contributed by atoms with Gasteiger partial charge in [0, 0.05) is 19.0 Å². The summed E-state index contributed by atoms with van der Waals surface area (Å²) >= 11 is 0. The number of nitrogens with zero attached hydrogens (tertiary/aromatic N) is 2. The summed E-state index contributed by atoms with van der Waals surface area (Å²) in [6.45, 7) is 2.65. The number of anilines is 1. The molecule has 21 heavy (non-hydrogen) atoms. The molecule has 5 nitrogen and oxygen atoms in total. The van der Waals surface area contributed by atoms with Gasteiger partial charge in [0.2, 0.25) is 0 Å². The summed E-state index contributed by atoms with van der Waals surface area (Å²) in [7, 11) is 1.75. The minimum atomic E-state index is -1.14. The average Bonchev–Trinajstić information content (AvgIpc) is 2.66. The first-order valence-corrected chi connectivity index (χ1v) is 6.93. The Morgan fingerprint density at radius 3 is 2.48 bits per heavy atom. The minimum Gasteiger partial charge on any atom is -0.490 e. The summed E-state index contributed by atoms with van der Waals surface area (Å²) < 4.78 is 26.9. The van der Waals surface area contributed by atoms with Gasteiger partial charge in [-0.05, 0) is 30.2 Å². The van der Waals surface area contributed by atoms with Crippen molar-refractivity contribution in [1.29, 1.82) is 0 Å². The second-order valence-corrected chi connectivity index (χ2v) is 5.12. The number of nitrogen functional groups attached to an aromatic ring is 1. The van der Waals surface area contributed by atoms with Gasteiger partial charge < -0.3 is 15.2 Å². The van der Waals surface area contributed by atoms with E-state index in [9.17, 15) is 4.39 Å². The Bertz CT molecular complexity index is 667. The van der Waals surface area contributed by atoms with E-state index in [-0.39, 0.29) is 0 Å². The monoisotopic (exact) mass is 291 g/mol. The maximum atomic E-state index is 14.0. The van der Waals surface area contributed by atoms with Gasteiger partial charge >= 0.3 is 0 Å². The number of hydrogen-bond acceptors (Lipinski definition) is 4. The lowest BCUT2D eigenvalue weighted by atomic mass is 9.98. The van der Waals surface area contributed by atoms with Crippen LogP contribution < -0.4 is 15.2 Å². The summed E-state index contributed by atoms with van der Waals surface area (Å²) in [5, 5.41) is 4.12. The zero-order chi connectivity index (χ0) is 15.0. The molecule has 6 heteroatoms. The zero-order valence-electron chi connectivity index (χ0n) is 12.1. The Morgan fingerprint density at radius 2 is 1.90 bits per heavy atom. The van der Waals surface area contributed by atoms with Crippen LogP contribution in [0.5, 0.6) is 11.5 Å². The van der Waals surface area contributed by atoms with Gasteiger partial charge in [-0.15, -0.1) is 0 Å². The Hall–Kier alpha value is -2.24. The standard InChI is InChI=1S/C15H18FN3O2/c1-9(16)10-6-13-14(21-5-3-4-20-13)7-11(10)12-8-18-19(2)15(12)17/h6-9H,3-5,17H2,1-2H3. The molecule has 3 rings (SSSR count). The van der Waals surface area contributed by atoms with Crippen LogP contribution in [0.15, 0.2) is 18.3 Å². The van der Waals surface area contributed by atoms with Crippen molar-refractivity contribution in [1.82, 2.24) is 9.78 Å². The number of halogens is 1. The number of hydrogen-bond donors (Lipinski definition) is 1. The van der Waals surface area contributed by atoms with Crippen molar-refractivity contribution in [2.75, 3.05) is 18.9 Å². The lowest BCUT2D eigenvalue weighted by molar-refractivity contribution is 0.296. The Labute approximate surface area is 122 Å². The van der Waals surface area contributed by atoms with E-state index in [4.69, 9.17) is 15.2 Å². The van der Waals surface area contributed by atoms with Crippen LogP contribution in [-0.4, -0.2) is 23.0 Å². The maximum absolute atomic E-state index is 14.0. The van der Waals surface area contributed by atoms with E-state index >= 15 is 0 Å². The third-order valence-electron chi connectivity index (χ3n) is 3.62. The van der Waals surface area contributed by atoms with Gasteiger partial charge in [0.1, 0.15) is 12.0 Å². The van der Waals surface area contributed by atoms with Gasteiger partial charge in [0.05, 0.1) is 19.4 Å². The highest BCUT2D eigenvalue weighted by atomic mass is 19.1. The van der Waals surface area contributed by atoms with Crippen molar-refractivity contribution in [3.05, 3.63) is 23.9 Å². The highest BCUT2D eigenvalue weighted by Crippen LogP contribution is 2.41. The normalized spacial score (nSPS) is 15.6. The minimum absolute atomic E-state index is 0.492. The molecule has 0 fully saturated rings. The topological polar surface area (TPSA) is 62.3 Å². The molecular weight excluding hydrogens is 273 g/mol. The number of aromatic nitrogens is 2. The molecule has 2 heterocycles. The Balaban J connectivity index is 2.18. The number of fused-ring (bicyclic) bond motifs is 1. The summed E-state index contributed by atoms with van der Waals surface area (Å²) in [6.07, 6.45) is 1.30. The molecule has 0 saturated heterocycles. The third kappa shape index (κ3) is 2.41. The lowest BCUT2D eigenvalue weighted by Crippen LogP contribution is -2.00. The number of benzene rings is 1. The molecule has 0 bridgehead atoms. The maximum Gasteiger partial charge on any atom is 0.161 e. The van der Waals surface area contributed by atoms with Gasteiger partial charge in [-0.3, -0.25) is 4.68 Å². The van der Waals surface area contributed by atoms with Gasteiger partial charge in [0.25, 0.3) is 0 Å². The van der Waals surface area contributed by atoms with Gasteiger partial charge in [-0.1, -0.05) is 0 Å². The van der Waals surface area contributed by atoms with Crippen LogP contribution in [-0.2, 0) is 7.05 Å². The first kappa shape index (κ1) is 13.7. The third-order valence-corrected chi connectivity index (χ3v) is 3.62. The fraction of sp³-hybridized carbons (Fsp3) is 0.400. The highest BCUT2D eigenvalue weighted by molar-refractivity contribution is 5.78. The van der Waals surface area contributed by atoms with Crippen LogP contribution in [0, 0.1) is 0 Å². The Kier molecular flexibility index (Phi) is 3.45. The summed E-state index contributed by atoms with van der Waals surface area (Å²) in [5.41, 5.74) is 7.94. The largest absolute Gasteiger partial charge is 0.490 e. The second-order valence-electron chi connectivity index (χ2n) is 5.12. The zero-order valence-corrected chi connectivity index (χ0v) is 12.1. The van der Waals surface area contributed by atoms with E-state index in [0.717, 1.165) is 6.42 Å². The van der Waals surface area contributed by atoms with Gasteiger partial charge in [-0.25, -0.2) is 4.39 Å². The van der Waals surface area contributed by atoms with Crippen LogP contribution >= 0.6 is 0 Å². The average molecular weight is 291 g/mol. The summed E-state index contributed by atoms with van der Waals surface area (Å²) in [6, 6.07) is 3.49. The summed E-state index contributed by atoms with van der Waals surface area (Å²) in [4.78, 5) is 0. The Morgan fingerprint density at radius 1 is 1.24 bits per heavy atom. The molecule has 1 aromatic heterocycles. The fourth-order valence-electron chi connectivity index (χ4n) is 2.44. The van der Waals surface area contributed by atoms with Crippen molar-refractivity contribution < 1.29 is 13.9 Å². The smallest absolute Gasteiger partial charge is 0.161 e. The van der Waals surface area contributed by atoms with E-state index in [1.807, 2.05) is 0 Å². The van der Waals surface area contributed by atoms with Crippen molar-refractivity contribution in [2.24, 2.45) is 7.05 Å². The molecule has 2 aromatic rings. The molecule has 0 amide bonds. The van der Waals surface area contributed by atoms with Crippen LogP contribution in [0.4, 0.5) is 10.2 Å². The fourth-order valence-corrected chi connectivity index (χ4v) is 2.44.